The van der Waals surface area contributed by atoms with Gasteiger partial charge in [0.2, 0.25) is 0 Å². The van der Waals surface area contributed by atoms with Gasteiger partial charge in [0, 0.05) is 10.6 Å². The van der Waals surface area contributed by atoms with Gasteiger partial charge in [-0.3, -0.25) is 4.72 Å². The average molecular weight is 562 g/mol. The monoisotopic (exact) mass is 561 g/mol. The van der Waals surface area contributed by atoms with Crippen LogP contribution in [0.3, 0.4) is 0 Å². The van der Waals surface area contributed by atoms with Crippen molar-refractivity contribution in [2.24, 2.45) is 0 Å². The molecule has 0 saturated heterocycles. The van der Waals surface area contributed by atoms with Gasteiger partial charge in [0.1, 0.15) is 11.5 Å². The van der Waals surface area contributed by atoms with Gasteiger partial charge in [-0.1, -0.05) is 61.9 Å². The molecule has 0 bridgehead atoms. The van der Waals surface area contributed by atoms with Gasteiger partial charge >= 0.3 is 5.97 Å². The highest BCUT2D eigenvalue weighted by Gasteiger charge is 2.22. The van der Waals surface area contributed by atoms with Crippen molar-refractivity contribution in [2.75, 3.05) is 10.5 Å². The lowest BCUT2D eigenvalue weighted by Crippen LogP contribution is -2.16. The van der Waals surface area contributed by atoms with E-state index < -0.39 is 16.0 Å². The summed E-state index contributed by atoms with van der Waals surface area (Å²) < 4.78 is 34.7. The minimum atomic E-state index is -4.05. The number of carboxylic acids is 1. The second kappa shape index (κ2) is 12.4. The third-order valence-corrected chi connectivity index (χ3v) is 8.54. The van der Waals surface area contributed by atoms with Gasteiger partial charge in [0.25, 0.3) is 10.0 Å². The van der Waals surface area contributed by atoms with Crippen LogP contribution < -0.4 is 9.46 Å². The molecule has 39 heavy (non-hydrogen) atoms. The molecule has 0 heterocycles. The van der Waals surface area contributed by atoms with Crippen LogP contribution in [-0.2, 0) is 16.4 Å². The van der Waals surface area contributed by atoms with Gasteiger partial charge in [-0.2, -0.15) is 0 Å². The molecule has 0 amide bonds. The summed E-state index contributed by atoms with van der Waals surface area (Å²) in [5.74, 6) is 0.753. The molecule has 6 nitrogen and oxygen atoms in total. The van der Waals surface area contributed by atoms with Crippen LogP contribution in [0.1, 0.15) is 46.8 Å². The van der Waals surface area contributed by atoms with Crippen LogP contribution in [0.5, 0.6) is 11.5 Å². The van der Waals surface area contributed by atoms with Gasteiger partial charge in [0.05, 0.1) is 16.1 Å². The van der Waals surface area contributed by atoms with Gasteiger partial charge in [-0.05, 0) is 78.9 Å². The van der Waals surface area contributed by atoms with Gasteiger partial charge in [-0.25, -0.2) is 13.2 Å². The predicted octanol–water partition coefficient (Wildman–Crippen LogP) is 7.74. The molecule has 0 spiro atoms. The molecule has 4 rings (SSSR count). The lowest BCUT2D eigenvalue weighted by Gasteiger charge is -2.18. The van der Waals surface area contributed by atoms with Gasteiger partial charge in [-0.15, -0.1) is 11.8 Å². The Balaban J connectivity index is 1.55. The molecule has 0 atom stereocenters. The fraction of sp³-hybridized carbons (Fsp3) is 0.194. The quantitative estimate of drug-likeness (QED) is 0.182. The number of sulfonamides is 1. The minimum Gasteiger partial charge on any atom is -0.478 e. The van der Waals surface area contributed by atoms with E-state index in [9.17, 15) is 18.3 Å². The molecule has 0 saturated carbocycles. The standard InChI is InChI=1S/C31H31NO5S2/c1-21(2)27-19-29(28(31(33)34)20-30(27)38-17-16-23-9-7-8-22(3)18-23)32-39(35,36)26-14-12-25(13-15-26)37-24-10-5-4-6-11-24/h4-15,18-21,32H,16-17H2,1-3H3,(H,33,34). The number of carbonyl (C=O) groups is 1. The Labute approximate surface area is 234 Å². The first kappa shape index (κ1) is 28.3. The van der Waals surface area contributed by atoms with Crippen LogP contribution in [0, 0.1) is 6.92 Å². The summed E-state index contributed by atoms with van der Waals surface area (Å²) in [6.45, 7) is 6.06. The van der Waals surface area contributed by atoms with Crippen LogP contribution in [0.25, 0.3) is 0 Å². The molecule has 202 valence electrons. The zero-order valence-corrected chi connectivity index (χ0v) is 23.7. The zero-order valence-electron chi connectivity index (χ0n) is 22.0. The van der Waals surface area contributed by atoms with Gasteiger partial charge < -0.3 is 9.84 Å². The van der Waals surface area contributed by atoms with E-state index in [1.807, 2.05) is 38.1 Å². The second-order valence-electron chi connectivity index (χ2n) is 9.48. The Morgan fingerprint density at radius 1 is 0.923 bits per heavy atom. The number of thioether (sulfide) groups is 1. The number of benzene rings is 4. The highest BCUT2D eigenvalue weighted by Crippen LogP contribution is 2.35. The largest absolute Gasteiger partial charge is 0.478 e. The topological polar surface area (TPSA) is 92.7 Å². The average Bonchev–Trinajstić information content (AvgIpc) is 2.89. The summed E-state index contributed by atoms with van der Waals surface area (Å²) in [5, 5.41) is 9.94. The number of nitrogens with one attached hydrogen (secondary N) is 1. The number of ether oxygens (including phenoxy) is 1. The summed E-state index contributed by atoms with van der Waals surface area (Å²) in [5.41, 5.74) is 3.25. The van der Waals surface area contributed by atoms with Crippen LogP contribution in [0.15, 0.2) is 101 Å². The Morgan fingerprint density at radius 2 is 1.62 bits per heavy atom. The van der Waals surface area contributed by atoms with Crippen molar-refractivity contribution in [1.82, 2.24) is 0 Å². The summed E-state index contributed by atoms with van der Waals surface area (Å²) in [4.78, 5) is 13.0. The maximum absolute atomic E-state index is 13.2. The Morgan fingerprint density at radius 3 is 2.26 bits per heavy atom. The van der Waals surface area contributed by atoms with Crippen LogP contribution in [0.2, 0.25) is 0 Å². The van der Waals surface area contributed by atoms with Crippen LogP contribution >= 0.6 is 11.8 Å². The SMILES string of the molecule is Cc1cccc(CCSc2cc(C(=O)O)c(NS(=O)(=O)c3ccc(Oc4ccccc4)cc3)cc2C(C)C)c1. The number of anilines is 1. The van der Waals surface area contributed by atoms with E-state index >= 15 is 0 Å². The number of para-hydroxylation sites is 1. The molecule has 8 heteroatoms. The fourth-order valence-corrected chi connectivity index (χ4v) is 6.39. The summed E-state index contributed by atoms with van der Waals surface area (Å²) in [6.07, 6.45) is 0.838. The molecule has 0 unspecified atom stereocenters. The number of hydrogen-bond acceptors (Lipinski definition) is 5. The Hall–Kier alpha value is -3.75. The number of rotatable bonds is 11. The number of carboxylic acid groups (broad SMARTS) is 1. The van der Waals surface area contributed by atoms with Gasteiger partial charge in [0.15, 0.2) is 0 Å². The molecule has 4 aromatic carbocycles. The van der Waals surface area contributed by atoms with E-state index in [-0.39, 0.29) is 22.1 Å². The third-order valence-electron chi connectivity index (χ3n) is 6.09. The molecule has 0 aliphatic heterocycles. The molecular weight excluding hydrogens is 530 g/mol. The van der Waals surface area contributed by atoms with Crippen molar-refractivity contribution in [3.05, 3.63) is 113 Å². The normalized spacial score (nSPS) is 11.4. The Kier molecular flexibility index (Phi) is 8.99. The molecule has 0 aliphatic carbocycles. The molecule has 4 aromatic rings. The number of aromatic carboxylic acids is 1. The second-order valence-corrected chi connectivity index (χ2v) is 12.3. The van der Waals surface area contributed by atoms with E-state index in [0.717, 1.165) is 22.6 Å². The minimum absolute atomic E-state index is 0.00181. The summed E-state index contributed by atoms with van der Waals surface area (Å²) >= 11 is 1.58. The highest BCUT2D eigenvalue weighted by atomic mass is 32.2. The van der Waals surface area contributed by atoms with Crippen LogP contribution in [-0.4, -0.2) is 25.2 Å². The lowest BCUT2D eigenvalue weighted by molar-refractivity contribution is 0.0697. The zero-order chi connectivity index (χ0) is 28.0. The highest BCUT2D eigenvalue weighted by molar-refractivity contribution is 7.99. The van der Waals surface area contributed by atoms with Crippen molar-refractivity contribution in [3.63, 3.8) is 0 Å². The first-order valence-corrected chi connectivity index (χ1v) is 15.0. The smallest absolute Gasteiger partial charge is 0.337 e. The first-order chi connectivity index (χ1) is 18.6. The van der Waals surface area contributed by atoms with Crippen molar-refractivity contribution in [1.29, 1.82) is 0 Å². The summed E-state index contributed by atoms with van der Waals surface area (Å²) in [7, 11) is -4.05. The van der Waals surface area contributed by atoms with E-state index in [1.165, 1.54) is 23.3 Å². The molecule has 0 radical (unpaired) electrons. The van der Waals surface area contributed by atoms with E-state index in [0.29, 0.717) is 11.5 Å². The maximum Gasteiger partial charge on any atom is 0.337 e. The van der Waals surface area contributed by atoms with Crippen molar-refractivity contribution in [3.8, 4) is 11.5 Å². The van der Waals surface area contributed by atoms with Crippen molar-refractivity contribution in [2.45, 2.75) is 42.9 Å². The lowest BCUT2D eigenvalue weighted by atomic mass is 10.00. The molecular formula is C31H31NO5S2. The van der Waals surface area contributed by atoms with Crippen molar-refractivity contribution < 1.29 is 23.1 Å². The van der Waals surface area contributed by atoms with Crippen molar-refractivity contribution >= 4 is 33.4 Å². The van der Waals surface area contributed by atoms with E-state index in [1.54, 1.807) is 48.2 Å². The molecule has 0 fully saturated rings. The van der Waals surface area contributed by atoms with E-state index in [2.05, 4.69) is 29.8 Å². The predicted molar refractivity (Wildman–Crippen MR) is 157 cm³/mol. The number of aryl methyl sites for hydroxylation is 2. The van der Waals surface area contributed by atoms with Crippen LogP contribution in [0.4, 0.5) is 5.69 Å². The number of hydrogen-bond donors (Lipinski definition) is 2. The molecule has 0 aromatic heterocycles. The molecule has 2 N–H and O–H groups in total. The molecule has 0 aliphatic rings. The first-order valence-electron chi connectivity index (χ1n) is 12.6. The Bertz CT molecular complexity index is 1550. The van der Waals surface area contributed by atoms with E-state index in [4.69, 9.17) is 4.74 Å². The third kappa shape index (κ3) is 7.43. The maximum atomic E-state index is 13.2. The summed E-state index contributed by atoms with van der Waals surface area (Å²) in [6, 6.07) is 26.7. The fourth-order valence-electron chi connectivity index (χ4n) is 4.10.